The molecule has 0 N–H and O–H groups in total. The molecule has 1 aromatic heterocycles. The number of nitrogens with zero attached hydrogens (tertiary/aromatic N) is 2. The lowest BCUT2D eigenvalue weighted by atomic mass is 10.2. The standard InChI is InChI=1S/C16H19N2OSi/c1-13-7-6-11-17-14(13)10-12-18-15-8-4-5-9-16(15)19-20(2)3/h4-9,11-12H,10H2,1-3H3. The molecule has 0 aliphatic heterocycles. The second kappa shape index (κ2) is 7.00. The van der Waals surface area contributed by atoms with Crippen LogP contribution in [0, 0.1) is 6.92 Å². The molecule has 103 valence electrons. The van der Waals surface area contributed by atoms with E-state index in [-0.39, 0.29) is 0 Å². The van der Waals surface area contributed by atoms with Crippen LogP contribution in [0.15, 0.2) is 47.6 Å². The van der Waals surface area contributed by atoms with Crippen molar-refractivity contribution in [2.75, 3.05) is 0 Å². The van der Waals surface area contributed by atoms with E-state index in [9.17, 15) is 0 Å². The van der Waals surface area contributed by atoms with Gasteiger partial charge in [-0.1, -0.05) is 18.2 Å². The number of benzene rings is 1. The largest absolute Gasteiger partial charge is 0.541 e. The Hall–Kier alpha value is -1.94. The fraction of sp³-hybridized carbons (Fsp3) is 0.250. The molecule has 0 aliphatic rings. The normalized spacial score (nSPS) is 11.2. The van der Waals surface area contributed by atoms with Crippen molar-refractivity contribution in [3.8, 4) is 5.75 Å². The van der Waals surface area contributed by atoms with Crippen LogP contribution in [-0.4, -0.2) is 20.2 Å². The molecule has 0 saturated heterocycles. The van der Waals surface area contributed by atoms with Crippen molar-refractivity contribution in [1.29, 1.82) is 0 Å². The minimum atomic E-state index is -0.778. The molecule has 0 atom stereocenters. The highest BCUT2D eigenvalue weighted by molar-refractivity contribution is 6.49. The molecule has 0 saturated carbocycles. The summed E-state index contributed by atoms with van der Waals surface area (Å²) >= 11 is 0. The number of para-hydroxylation sites is 2. The van der Waals surface area contributed by atoms with E-state index in [0.29, 0.717) is 0 Å². The number of rotatable bonds is 5. The van der Waals surface area contributed by atoms with Crippen molar-refractivity contribution in [1.82, 2.24) is 4.98 Å². The highest BCUT2D eigenvalue weighted by Gasteiger charge is 2.04. The number of hydrogen-bond acceptors (Lipinski definition) is 3. The summed E-state index contributed by atoms with van der Waals surface area (Å²) in [6.07, 6.45) is 4.45. The summed E-state index contributed by atoms with van der Waals surface area (Å²) in [5.74, 6) is 0.861. The van der Waals surface area contributed by atoms with E-state index in [2.05, 4.69) is 36.1 Å². The number of aliphatic imine (C=N–C) groups is 1. The van der Waals surface area contributed by atoms with Crippen LogP contribution in [0.3, 0.4) is 0 Å². The van der Waals surface area contributed by atoms with Gasteiger partial charge in [-0.2, -0.15) is 0 Å². The second-order valence-corrected chi connectivity index (χ2v) is 6.78. The highest BCUT2D eigenvalue weighted by atomic mass is 28.3. The first-order valence-corrected chi connectivity index (χ1v) is 9.07. The summed E-state index contributed by atoms with van der Waals surface area (Å²) in [6, 6.07) is 11.9. The minimum Gasteiger partial charge on any atom is -0.541 e. The summed E-state index contributed by atoms with van der Waals surface area (Å²) < 4.78 is 5.84. The molecular formula is C16H19N2OSi. The molecule has 1 radical (unpaired) electrons. The van der Waals surface area contributed by atoms with Gasteiger partial charge in [0, 0.05) is 24.5 Å². The molecule has 20 heavy (non-hydrogen) atoms. The molecule has 3 nitrogen and oxygen atoms in total. The van der Waals surface area contributed by atoms with Crippen LogP contribution < -0.4 is 4.43 Å². The van der Waals surface area contributed by atoms with Gasteiger partial charge in [0.25, 0.3) is 9.04 Å². The third-order valence-corrected chi connectivity index (χ3v) is 3.44. The SMILES string of the molecule is Cc1cccnc1CC=Nc1ccccc1O[Si](C)C. The maximum Gasteiger partial charge on any atom is 0.274 e. The summed E-state index contributed by atoms with van der Waals surface area (Å²) in [5, 5.41) is 0. The van der Waals surface area contributed by atoms with Crippen LogP contribution in [-0.2, 0) is 6.42 Å². The van der Waals surface area contributed by atoms with Crippen molar-refractivity contribution in [2.24, 2.45) is 4.99 Å². The lowest BCUT2D eigenvalue weighted by Gasteiger charge is -2.10. The minimum absolute atomic E-state index is 0.733. The predicted octanol–water partition coefficient (Wildman–Crippen LogP) is 3.96. The van der Waals surface area contributed by atoms with Crippen LogP contribution in [0.4, 0.5) is 5.69 Å². The number of hydrogen-bond donors (Lipinski definition) is 0. The Kier molecular flexibility index (Phi) is 5.07. The number of pyridine rings is 1. The van der Waals surface area contributed by atoms with Gasteiger partial charge < -0.3 is 4.43 Å². The zero-order valence-corrected chi connectivity index (χ0v) is 13.1. The fourth-order valence-electron chi connectivity index (χ4n) is 1.83. The van der Waals surface area contributed by atoms with Crippen LogP contribution in [0.1, 0.15) is 11.3 Å². The predicted molar refractivity (Wildman–Crippen MR) is 85.4 cm³/mol. The molecule has 0 bridgehead atoms. The molecule has 0 unspecified atom stereocenters. The molecule has 2 aromatic rings. The van der Waals surface area contributed by atoms with Crippen LogP contribution in [0.5, 0.6) is 5.75 Å². The van der Waals surface area contributed by atoms with Crippen molar-refractivity contribution in [3.05, 3.63) is 53.9 Å². The molecule has 0 amide bonds. The van der Waals surface area contributed by atoms with E-state index >= 15 is 0 Å². The highest BCUT2D eigenvalue weighted by Crippen LogP contribution is 2.27. The average Bonchev–Trinajstić information content (AvgIpc) is 2.42. The summed E-state index contributed by atoms with van der Waals surface area (Å²) in [5.41, 5.74) is 3.13. The fourth-order valence-corrected chi connectivity index (χ4v) is 2.45. The lowest BCUT2D eigenvalue weighted by molar-refractivity contribution is 0.582. The van der Waals surface area contributed by atoms with E-state index in [1.54, 1.807) is 0 Å². The number of aryl methyl sites for hydroxylation is 1. The molecule has 1 heterocycles. The van der Waals surface area contributed by atoms with Crippen molar-refractivity contribution in [3.63, 3.8) is 0 Å². The van der Waals surface area contributed by atoms with Gasteiger partial charge in [0.05, 0.1) is 0 Å². The van der Waals surface area contributed by atoms with Crippen LogP contribution >= 0.6 is 0 Å². The summed E-state index contributed by atoms with van der Waals surface area (Å²) in [7, 11) is -0.778. The zero-order valence-electron chi connectivity index (χ0n) is 12.1. The molecular weight excluding hydrogens is 264 g/mol. The quantitative estimate of drug-likeness (QED) is 0.615. The maximum atomic E-state index is 5.84. The number of aromatic nitrogens is 1. The Morgan fingerprint density at radius 1 is 1.20 bits per heavy atom. The summed E-state index contributed by atoms with van der Waals surface area (Å²) in [6.45, 7) is 6.29. The monoisotopic (exact) mass is 283 g/mol. The van der Waals surface area contributed by atoms with E-state index in [1.165, 1.54) is 5.56 Å². The topological polar surface area (TPSA) is 34.5 Å². The van der Waals surface area contributed by atoms with E-state index in [4.69, 9.17) is 4.43 Å². The molecule has 2 rings (SSSR count). The second-order valence-electron chi connectivity index (χ2n) is 4.76. The molecule has 1 aromatic carbocycles. The van der Waals surface area contributed by atoms with Gasteiger partial charge in [-0.3, -0.25) is 9.98 Å². The lowest BCUT2D eigenvalue weighted by Crippen LogP contribution is -2.11. The Balaban J connectivity index is 2.10. The molecule has 4 heteroatoms. The van der Waals surface area contributed by atoms with E-state index in [1.807, 2.05) is 42.7 Å². The first-order chi connectivity index (χ1) is 9.66. The van der Waals surface area contributed by atoms with E-state index < -0.39 is 9.04 Å². The molecule has 0 fully saturated rings. The van der Waals surface area contributed by atoms with Gasteiger partial charge in [-0.25, -0.2) is 0 Å². The van der Waals surface area contributed by atoms with Gasteiger partial charge in [-0.15, -0.1) is 0 Å². The van der Waals surface area contributed by atoms with Gasteiger partial charge in [0.15, 0.2) is 0 Å². The third-order valence-electron chi connectivity index (χ3n) is 2.81. The van der Waals surface area contributed by atoms with Gasteiger partial charge >= 0.3 is 0 Å². The molecule has 0 spiro atoms. The Morgan fingerprint density at radius 3 is 2.75 bits per heavy atom. The maximum absolute atomic E-state index is 5.84. The van der Waals surface area contributed by atoms with Crippen LogP contribution in [0.2, 0.25) is 13.1 Å². The van der Waals surface area contributed by atoms with Crippen molar-refractivity contribution < 1.29 is 4.43 Å². The third kappa shape index (κ3) is 4.03. The summed E-state index contributed by atoms with van der Waals surface area (Å²) in [4.78, 5) is 8.88. The van der Waals surface area contributed by atoms with Gasteiger partial charge in [-0.05, 0) is 43.8 Å². The smallest absolute Gasteiger partial charge is 0.274 e. The first kappa shape index (κ1) is 14.5. The van der Waals surface area contributed by atoms with Crippen LogP contribution in [0.25, 0.3) is 0 Å². The Labute approximate surface area is 122 Å². The van der Waals surface area contributed by atoms with Crippen molar-refractivity contribution in [2.45, 2.75) is 26.4 Å². The van der Waals surface area contributed by atoms with E-state index in [0.717, 1.165) is 23.6 Å². The van der Waals surface area contributed by atoms with Gasteiger partial charge in [0.1, 0.15) is 11.4 Å². The van der Waals surface area contributed by atoms with Gasteiger partial charge in [0.2, 0.25) is 0 Å². The van der Waals surface area contributed by atoms with Crippen molar-refractivity contribution >= 4 is 20.9 Å². The Morgan fingerprint density at radius 2 is 2.00 bits per heavy atom. The Bertz CT molecular complexity index is 597. The first-order valence-electron chi connectivity index (χ1n) is 6.67. The molecule has 0 aliphatic carbocycles. The average molecular weight is 283 g/mol. The zero-order chi connectivity index (χ0) is 14.4.